The van der Waals surface area contributed by atoms with Crippen LogP contribution < -0.4 is 5.32 Å². The van der Waals surface area contributed by atoms with Crippen molar-refractivity contribution in [1.29, 1.82) is 0 Å². The van der Waals surface area contributed by atoms with Crippen LogP contribution in [0.5, 0.6) is 0 Å². The second kappa shape index (κ2) is 8.87. The van der Waals surface area contributed by atoms with Gasteiger partial charge >= 0.3 is 0 Å². The molecule has 1 aliphatic rings. The van der Waals surface area contributed by atoms with E-state index in [1.807, 2.05) is 0 Å². The van der Waals surface area contributed by atoms with E-state index in [2.05, 4.69) is 10.3 Å². The molecule has 1 aliphatic heterocycles. The van der Waals surface area contributed by atoms with Crippen molar-refractivity contribution in [2.45, 2.75) is 25.8 Å². The predicted octanol–water partition coefficient (Wildman–Crippen LogP) is 2.85. The maximum absolute atomic E-state index is 14.0. The van der Waals surface area contributed by atoms with E-state index in [1.54, 1.807) is 49.2 Å². The number of piperidine rings is 1. The molecular weight excluding hydrogens is 395 g/mol. The Kier molecular flexibility index (Phi) is 6.49. The maximum Gasteiger partial charge on any atom is 0.257 e. The number of para-hydroxylation sites is 1. The Morgan fingerprint density at radius 2 is 1.93 bits per heavy atom. The van der Waals surface area contributed by atoms with E-state index < -0.39 is 15.8 Å². The van der Waals surface area contributed by atoms with Gasteiger partial charge in [0.15, 0.2) is 0 Å². The molecule has 0 bridgehead atoms. The zero-order chi connectivity index (χ0) is 21.0. The number of rotatable bonds is 6. The summed E-state index contributed by atoms with van der Waals surface area (Å²) in [6.07, 6.45) is 2.67. The van der Waals surface area contributed by atoms with E-state index in [0.29, 0.717) is 31.5 Å². The highest BCUT2D eigenvalue weighted by atomic mass is 32.2. The molecule has 156 valence electrons. The average molecular weight is 421 g/mol. The summed E-state index contributed by atoms with van der Waals surface area (Å²) in [5.41, 5.74) is 0.592. The SMILES string of the molecule is CCS(=O)(=O)N(C)C1CCN(C(=O)c2cccnc2Nc2ccccc2F)CC1. The lowest BCUT2D eigenvalue weighted by atomic mass is 10.0. The van der Waals surface area contributed by atoms with Crippen molar-refractivity contribution in [3.05, 3.63) is 54.0 Å². The third-order valence-electron chi connectivity index (χ3n) is 5.23. The van der Waals surface area contributed by atoms with E-state index in [1.165, 1.54) is 16.6 Å². The molecule has 1 amide bonds. The number of nitrogens with zero attached hydrogens (tertiary/aromatic N) is 3. The Labute approximate surface area is 170 Å². The number of hydrogen-bond donors (Lipinski definition) is 1. The van der Waals surface area contributed by atoms with Gasteiger partial charge in [0, 0.05) is 32.4 Å². The summed E-state index contributed by atoms with van der Waals surface area (Å²) < 4.78 is 39.5. The van der Waals surface area contributed by atoms with Gasteiger partial charge in [0.25, 0.3) is 5.91 Å². The first-order valence-electron chi connectivity index (χ1n) is 9.55. The number of nitrogens with one attached hydrogen (secondary N) is 1. The molecule has 9 heteroatoms. The minimum absolute atomic E-state index is 0.0589. The van der Waals surface area contributed by atoms with Gasteiger partial charge in [-0.1, -0.05) is 12.1 Å². The summed E-state index contributed by atoms with van der Waals surface area (Å²) >= 11 is 0. The number of carbonyl (C=O) groups is 1. The highest BCUT2D eigenvalue weighted by Gasteiger charge is 2.31. The molecule has 29 heavy (non-hydrogen) atoms. The van der Waals surface area contributed by atoms with Gasteiger partial charge in [-0.05, 0) is 44.0 Å². The number of halogens is 1. The lowest BCUT2D eigenvalue weighted by Gasteiger charge is -2.36. The number of sulfonamides is 1. The monoisotopic (exact) mass is 420 g/mol. The van der Waals surface area contributed by atoms with Crippen molar-refractivity contribution in [1.82, 2.24) is 14.2 Å². The van der Waals surface area contributed by atoms with Gasteiger partial charge in [0.2, 0.25) is 10.0 Å². The summed E-state index contributed by atoms with van der Waals surface area (Å²) in [6, 6.07) is 9.39. The number of pyridine rings is 1. The molecule has 0 unspecified atom stereocenters. The molecule has 2 aromatic rings. The quantitative estimate of drug-likeness (QED) is 0.777. The molecule has 2 heterocycles. The van der Waals surface area contributed by atoms with Gasteiger partial charge in [0.1, 0.15) is 11.6 Å². The van der Waals surface area contributed by atoms with Gasteiger partial charge < -0.3 is 10.2 Å². The van der Waals surface area contributed by atoms with Gasteiger partial charge in [-0.2, -0.15) is 0 Å². The Morgan fingerprint density at radius 1 is 1.24 bits per heavy atom. The molecule has 0 spiro atoms. The van der Waals surface area contributed by atoms with E-state index in [0.717, 1.165) is 0 Å². The summed E-state index contributed by atoms with van der Waals surface area (Å²) in [6.45, 7) is 2.51. The van der Waals surface area contributed by atoms with Crippen LogP contribution in [0.2, 0.25) is 0 Å². The van der Waals surface area contributed by atoms with Crippen LogP contribution in [-0.4, -0.2) is 60.4 Å². The normalized spacial score (nSPS) is 15.5. The molecule has 0 radical (unpaired) electrons. The average Bonchev–Trinajstić information content (AvgIpc) is 2.75. The minimum Gasteiger partial charge on any atom is -0.338 e. The van der Waals surface area contributed by atoms with Crippen LogP contribution in [-0.2, 0) is 10.0 Å². The fourth-order valence-electron chi connectivity index (χ4n) is 3.40. The van der Waals surface area contributed by atoms with E-state index in [-0.39, 0.29) is 29.2 Å². The molecular formula is C20H25FN4O3S. The van der Waals surface area contributed by atoms with Crippen molar-refractivity contribution >= 4 is 27.4 Å². The molecule has 7 nitrogen and oxygen atoms in total. The Hall–Kier alpha value is -2.52. The minimum atomic E-state index is -3.26. The number of likely N-dealkylation sites (tertiary alicyclic amines) is 1. The van der Waals surface area contributed by atoms with Gasteiger partial charge in [-0.15, -0.1) is 0 Å². The molecule has 1 aromatic heterocycles. The lowest BCUT2D eigenvalue weighted by molar-refractivity contribution is 0.0687. The molecule has 0 saturated carbocycles. The number of amides is 1. The fourth-order valence-corrected chi connectivity index (χ4v) is 4.47. The van der Waals surface area contributed by atoms with Gasteiger partial charge in [0.05, 0.1) is 17.0 Å². The zero-order valence-electron chi connectivity index (χ0n) is 16.5. The topological polar surface area (TPSA) is 82.6 Å². The van der Waals surface area contributed by atoms with E-state index >= 15 is 0 Å². The second-order valence-electron chi connectivity index (χ2n) is 6.94. The Morgan fingerprint density at radius 3 is 2.59 bits per heavy atom. The predicted molar refractivity (Wildman–Crippen MR) is 110 cm³/mol. The van der Waals surface area contributed by atoms with Crippen molar-refractivity contribution in [3.8, 4) is 0 Å². The van der Waals surface area contributed by atoms with Gasteiger partial charge in [-0.3, -0.25) is 4.79 Å². The molecule has 1 N–H and O–H groups in total. The second-order valence-corrected chi connectivity index (χ2v) is 9.26. The highest BCUT2D eigenvalue weighted by molar-refractivity contribution is 7.89. The summed E-state index contributed by atoms with van der Waals surface area (Å²) in [5, 5.41) is 2.89. The van der Waals surface area contributed by atoms with Crippen LogP contribution in [0, 0.1) is 5.82 Å². The number of carbonyl (C=O) groups excluding carboxylic acids is 1. The Balaban J connectivity index is 1.72. The summed E-state index contributed by atoms with van der Waals surface area (Å²) in [4.78, 5) is 18.9. The molecule has 1 saturated heterocycles. The van der Waals surface area contributed by atoms with Crippen LogP contribution in [0.25, 0.3) is 0 Å². The van der Waals surface area contributed by atoms with Crippen molar-refractivity contribution in [2.24, 2.45) is 0 Å². The molecule has 0 aliphatic carbocycles. The fraction of sp³-hybridized carbons (Fsp3) is 0.400. The molecule has 3 rings (SSSR count). The van der Waals surface area contributed by atoms with Crippen molar-refractivity contribution in [2.75, 3.05) is 31.2 Å². The van der Waals surface area contributed by atoms with Crippen molar-refractivity contribution in [3.63, 3.8) is 0 Å². The summed E-state index contributed by atoms with van der Waals surface area (Å²) in [5.74, 6) is -0.298. The largest absolute Gasteiger partial charge is 0.338 e. The first kappa shape index (κ1) is 21.2. The third-order valence-corrected chi connectivity index (χ3v) is 7.14. The van der Waals surface area contributed by atoms with Crippen LogP contribution >= 0.6 is 0 Å². The van der Waals surface area contributed by atoms with Crippen LogP contribution in [0.4, 0.5) is 15.9 Å². The lowest BCUT2D eigenvalue weighted by Crippen LogP contribution is -2.47. The Bertz CT molecular complexity index is 975. The number of aromatic nitrogens is 1. The summed E-state index contributed by atoms with van der Waals surface area (Å²) in [7, 11) is -1.66. The third kappa shape index (κ3) is 4.73. The highest BCUT2D eigenvalue weighted by Crippen LogP contribution is 2.24. The number of anilines is 2. The first-order valence-corrected chi connectivity index (χ1v) is 11.2. The van der Waals surface area contributed by atoms with Crippen LogP contribution in [0.15, 0.2) is 42.6 Å². The zero-order valence-corrected chi connectivity index (χ0v) is 17.3. The van der Waals surface area contributed by atoms with Crippen molar-refractivity contribution < 1.29 is 17.6 Å². The first-order chi connectivity index (χ1) is 13.8. The van der Waals surface area contributed by atoms with Crippen LogP contribution in [0.3, 0.4) is 0 Å². The molecule has 1 aromatic carbocycles. The van der Waals surface area contributed by atoms with E-state index in [4.69, 9.17) is 0 Å². The molecule has 1 fully saturated rings. The van der Waals surface area contributed by atoms with Crippen LogP contribution in [0.1, 0.15) is 30.1 Å². The standard InChI is InChI=1S/C20H25FN4O3S/c1-3-29(27,28)24(2)15-10-13-25(14-11-15)20(26)16-7-6-12-22-19(16)23-18-9-5-4-8-17(18)21/h4-9,12,15H,3,10-11,13-14H2,1-2H3,(H,22,23). The smallest absolute Gasteiger partial charge is 0.257 e. The maximum atomic E-state index is 14.0. The number of benzene rings is 1. The number of hydrogen-bond acceptors (Lipinski definition) is 5. The van der Waals surface area contributed by atoms with E-state index in [9.17, 15) is 17.6 Å². The molecule has 0 atom stereocenters. The van der Waals surface area contributed by atoms with Gasteiger partial charge in [-0.25, -0.2) is 22.1 Å².